The number of nitrogens with one attached hydrogen (secondary N) is 2. The molecule has 108 valence electrons. The maximum atomic E-state index is 11.5. The molecule has 0 saturated heterocycles. The summed E-state index contributed by atoms with van der Waals surface area (Å²) < 4.78 is 5.31. The second-order valence-electron chi connectivity index (χ2n) is 3.74. The molecule has 0 radical (unpaired) electrons. The van der Waals surface area contributed by atoms with Gasteiger partial charge in [-0.25, -0.2) is 4.79 Å². The van der Waals surface area contributed by atoms with Crippen LogP contribution in [0.1, 0.15) is 0 Å². The number of hydrogen-bond acceptors (Lipinski definition) is 4. The number of nitrogens with two attached hydrogens (primary N) is 1. The van der Waals surface area contributed by atoms with Crippen molar-refractivity contribution in [3.05, 3.63) is 30.3 Å². The smallest absolute Gasteiger partial charge is 0.405 e. The van der Waals surface area contributed by atoms with Gasteiger partial charge < -0.3 is 26.2 Å². The van der Waals surface area contributed by atoms with Crippen molar-refractivity contribution < 1.29 is 24.2 Å². The van der Waals surface area contributed by atoms with Gasteiger partial charge in [-0.3, -0.25) is 9.59 Å². The number of carboxylic acid groups (broad SMARTS) is 1. The minimum absolute atomic E-state index is 0.110. The molecule has 8 heteroatoms. The van der Waals surface area contributed by atoms with Crippen LogP contribution in [0.5, 0.6) is 5.75 Å². The molecule has 0 aliphatic carbocycles. The molecule has 1 aromatic rings. The van der Waals surface area contributed by atoms with E-state index >= 15 is 0 Å². The predicted molar refractivity (Wildman–Crippen MR) is 69.1 cm³/mol. The van der Waals surface area contributed by atoms with E-state index in [-0.39, 0.29) is 13.2 Å². The van der Waals surface area contributed by atoms with Gasteiger partial charge in [0.05, 0.1) is 6.54 Å². The Bertz CT molecular complexity index is 477. The summed E-state index contributed by atoms with van der Waals surface area (Å²) in [4.78, 5) is 32.9. The van der Waals surface area contributed by atoms with E-state index in [1.807, 2.05) is 6.07 Å². The highest BCUT2D eigenvalue weighted by atomic mass is 16.5. The molecule has 0 saturated carbocycles. The highest BCUT2D eigenvalue weighted by Gasteiger charge is 2.25. The molecular formula is C12H15N3O5. The molecule has 0 aliphatic heterocycles. The Balaban J connectivity index is 2.34. The van der Waals surface area contributed by atoms with Crippen molar-refractivity contribution in [2.45, 2.75) is 6.04 Å². The van der Waals surface area contributed by atoms with Crippen molar-refractivity contribution in [1.29, 1.82) is 0 Å². The molecule has 0 aliphatic rings. The average molecular weight is 281 g/mol. The van der Waals surface area contributed by atoms with Crippen molar-refractivity contribution in [2.24, 2.45) is 5.73 Å². The molecule has 1 atom stereocenters. The van der Waals surface area contributed by atoms with Crippen LogP contribution in [0.25, 0.3) is 0 Å². The molecule has 1 rings (SSSR count). The van der Waals surface area contributed by atoms with E-state index in [4.69, 9.17) is 15.6 Å². The first-order chi connectivity index (χ1) is 9.50. The minimum Gasteiger partial charge on any atom is -0.492 e. The van der Waals surface area contributed by atoms with Crippen LogP contribution < -0.4 is 21.1 Å². The van der Waals surface area contributed by atoms with E-state index in [0.29, 0.717) is 5.75 Å². The number of rotatable bonds is 7. The molecule has 8 nitrogen and oxygen atoms in total. The van der Waals surface area contributed by atoms with Crippen LogP contribution in [0.2, 0.25) is 0 Å². The van der Waals surface area contributed by atoms with E-state index in [0.717, 1.165) is 0 Å². The molecule has 0 aromatic heterocycles. The number of hydrogen-bond donors (Lipinski definition) is 4. The van der Waals surface area contributed by atoms with Gasteiger partial charge in [0.15, 0.2) is 6.04 Å². The highest BCUT2D eigenvalue weighted by molar-refractivity contribution is 6.05. The SMILES string of the molecule is NC(=O)C(NC(=O)O)C(=O)NCCOc1ccccc1. The Morgan fingerprint density at radius 2 is 1.90 bits per heavy atom. The van der Waals surface area contributed by atoms with Crippen LogP contribution in [-0.2, 0) is 9.59 Å². The normalized spacial score (nSPS) is 11.2. The fraction of sp³-hybridized carbons (Fsp3) is 0.250. The molecule has 20 heavy (non-hydrogen) atoms. The first-order valence-corrected chi connectivity index (χ1v) is 5.75. The van der Waals surface area contributed by atoms with Crippen LogP contribution >= 0.6 is 0 Å². The van der Waals surface area contributed by atoms with Crippen molar-refractivity contribution in [1.82, 2.24) is 10.6 Å². The van der Waals surface area contributed by atoms with Gasteiger partial charge in [0.25, 0.3) is 5.91 Å². The number of amides is 3. The van der Waals surface area contributed by atoms with E-state index in [9.17, 15) is 14.4 Å². The summed E-state index contributed by atoms with van der Waals surface area (Å²) in [6.45, 7) is 0.285. The number of ether oxygens (including phenoxy) is 1. The standard InChI is InChI=1S/C12H15N3O5/c13-10(16)9(15-12(18)19)11(17)14-6-7-20-8-4-2-1-3-5-8/h1-5,9,15H,6-7H2,(H2,13,16)(H,14,17)(H,18,19). The van der Waals surface area contributed by atoms with Crippen LogP contribution in [0.15, 0.2) is 30.3 Å². The Hall–Kier alpha value is -2.77. The molecule has 3 amide bonds. The lowest BCUT2D eigenvalue weighted by Gasteiger charge is -2.13. The lowest BCUT2D eigenvalue weighted by atomic mass is 10.2. The third kappa shape index (κ3) is 5.25. The van der Waals surface area contributed by atoms with E-state index in [1.165, 1.54) is 0 Å². The van der Waals surface area contributed by atoms with Crippen LogP contribution in [0.3, 0.4) is 0 Å². The maximum absolute atomic E-state index is 11.5. The average Bonchev–Trinajstić information content (AvgIpc) is 2.41. The Kier molecular flexibility index (Phi) is 5.82. The number of para-hydroxylation sites is 1. The second kappa shape index (κ2) is 7.62. The van der Waals surface area contributed by atoms with Gasteiger partial charge in [-0.2, -0.15) is 0 Å². The summed E-state index contributed by atoms with van der Waals surface area (Å²) in [5, 5.41) is 12.6. The quantitative estimate of drug-likeness (QED) is 0.388. The van der Waals surface area contributed by atoms with Crippen LogP contribution in [0.4, 0.5) is 4.79 Å². The summed E-state index contributed by atoms with van der Waals surface area (Å²) in [6.07, 6.45) is -1.51. The fourth-order valence-corrected chi connectivity index (χ4v) is 1.35. The topological polar surface area (TPSA) is 131 Å². The second-order valence-corrected chi connectivity index (χ2v) is 3.74. The van der Waals surface area contributed by atoms with Crippen molar-refractivity contribution in [2.75, 3.05) is 13.2 Å². The van der Waals surface area contributed by atoms with Gasteiger partial charge in [-0.15, -0.1) is 0 Å². The summed E-state index contributed by atoms with van der Waals surface area (Å²) in [5.74, 6) is -1.26. The zero-order valence-corrected chi connectivity index (χ0v) is 10.5. The summed E-state index contributed by atoms with van der Waals surface area (Å²) in [7, 11) is 0. The zero-order valence-electron chi connectivity index (χ0n) is 10.5. The van der Waals surface area contributed by atoms with E-state index in [2.05, 4.69) is 5.32 Å². The molecule has 0 heterocycles. The van der Waals surface area contributed by atoms with Crippen LogP contribution in [0, 0.1) is 0 Å². The van der Waals surface area contributed by atoms with Gasteiger partial charge in [-0.1, -0.05) is 18.2 Å². The number of primary amides is 1. The van der Waals surface area contributed by atoms with Crippen molar-refractivity contribution >= 4 is 17.9 Å². The number of carbonyl (C=O) groups excluding carboxylic acids is 2. The first-order valence-electron chi connectivity index (χ1n) is 5.75. The largest absolute Gasteiger partial charge is 0.492 e. The molecule has 1 aromatic carbocycles. The van der Waals surface area contributed by atoms with Crippen LogP contribution in [-0.4, -0.2) is 42.2 Å². The van der Waals surface area contributed by atoms with Crippen molar-refractivity contribution in [3.8, 4) is 5.75 Å². The van der Waals surface area contributed by atoms with Gasteiger partial charge in [-0.05, 0) is 12.1 Å². The van der Waals surface area contributed by atoms with E-state index in [1.54, 1.807) is 29.6 Å². The number of carbonyl (C=O) groups is 3. The van der Waals surface area contributed by atoms with E-state index < -0.39 is 23.9 Å². The zero-order chi connectivity index (χ0) is 15.0. The van der Waals surface area contributed by atoms with Crippen molar-refractivity contribution in [3.63, 3.8) is 0 Å². The first kappa shape index (κ1) is 15.3. The Morgan fingerprint density at radius 1 is 1.25 bits per heavy atom. The lowest BCUT2D eigenvalue weighted by Crippen LogP contribution is -2.54. The predicted octanol–water partition coefficient (Wildman–Crippen LogP) is -0.697. The molecule has 0 spiro atoms. The monoisotopic (exact) mass is 281 g/mol. The highest BCUT2D eigenvalue weighted by Crippen LogP contribution is 2.07. The number of benzene rings is 1. The lowest BCUT2D eigenvalue weighted by molar-refractivity contribution is -0.130. The van der Waals surface area contributed by atoms with Gasteiger partial charge in [0.1, 0.15) is 12.4 Å². The summed E-state index contributed by atoms with van der Waals surface area (Å²) >= 11 is 0. The third-order valence-electron chi connectivity index (χ3n) is 2.23. The molecular weight excluding hydrogens is 266 g/mol. The third-order valence-corrected chi connectivity index (χ3v) is 2.23. The molecule has 0 bridgehead atoms. The Morgan fingerprint density at radius 3 is 2.45 bits per heavy atom. The van der Waals surface area contributed by atoms with Gasteiger partial charge >= 0.3 is 6.09 Å². The molecule has 0 fully saturated rings. The fourth-order valence-electron chi connectivity index (χ4n) is 1.35. The maximum Gasteiger partial charge on any atom is 0.405 e. The minimum atomic E-state index is -1.62. The summed E-state index contributed by atoms with van der Waals surface area (Å²) in [5.41, 5.74) is 4.92. The summed E-state index contributed by atoms with van der Waals surface area (Å²) in [6, 6.07) is 7.31. The molecule has 5 N–H and O–H groups in total. The Labute approximate surface area is 114 Å². The molecule has 1 unspecified atom stereocenters. The van der Waals surface area contributed by atoms with Gasteiger partial charge in [0.2, 0.25) is 5.91 Å². The van der Waals surface area contributed by atoms with Gasteiger partial charge in [0, 0.05) is 0 Å².